The molecular weight excluding hydrogens is 436 g/mol. The van der Waals surface area contributed by atoms with E-state index in [1.807, 2.05) is 0 Å². The first kappa shape index (κ1) is 19.5. The molecule has 2 heteroatoms. The Morgan fingerprint density at radius 3 is 1.03 bits per heavy atom. The van der Waals surface area contributed by atoms with Crippen molar-refractivity contribution < 1.29 is 0 Å². The van der Waals surface area contributed by atoms with Gasteiger partial charge in [0.25, 0.3) is 0 Å². The molecule has 0 aliphatic rings. The molecule has 0 aliphatic heterocycles. The highest BCUT2D eigenvalue weighted by Crippen LogP contribution is 2.41. The van der Waals surface area contributed by atoms with E-state index in [1.54, 1.807) is 0 Å². The molecule has 0 fully saturated rings. The van der Waals surface area contributed by atoms with E-state index in [0.717, 1.165) is 0 Å². The van der Waals surface area contributed by atoms with Gasteiger partial charge >= 0.3 is 0 Å². The van der Waals surface area contributed by atoms with Gasteiger partial charge in [-0.1, -0.05) is 97.1 Å². The van der Waals surface area contributed by atoms with Crippen LogP contribution in [-0.4, -0.2) is 9.13 Å². The van der Waals surface area contributed by atoms with Crippen LogP contribution < -0.4 is 0 Å². The first-order valence-electron chi connectivity index (χ1n) is 12.4. The molecule has 0 aliphatic carbocycles. The lowest BCUT2D eigenvalue weighted by Gasteiger charge is -2.12. The van der Waals surface area contributed by atoms with Crippen LogP contribution in [0.2, 0.25) is 0 Å². The van der Waals surface area contributed by atoms with Gasteiger partial charge < -0.3 is 9.13 Å². The van der Waals surface area contributed by atoms with Crippen molar-refractivity contribution in [3.8, 4) is 11.4 Å². The summed E-state index contributed by atoms with van der Waals surface area (Å²) in [5.74, 6) is 0. The predicted octanol–water partition coefficient (Wildman–Crippen LogP) is 9.03. The monoisotopic (exact) mass is 458 g/mol. The highest BCUT2D eigenvalue weighted by Gasteiger charge is 2.19. The molecule has 0 radical (unpaired) electrons. The Kier molecular flexibility index (Phi) is 3.97. The Bertz CT molecular complexity index is 1920. The fourth-order valence-electron chi connectivity index (χ4n) is 6.01. The molecule has 0 N–H and O–H groups in total. The minimum Gasteiger partial charge on any atom is -0.309 e. The maximum Gasteiger partial charge on any atom is 0.0620 e. The second kappa shape index (κ2) is 7.34. The van der Waals surface area contributed by atoms with E-state index in [4.69, 9.17) is 0 Å². The summed E-state index contributed by atoms with van der Waals surface area (Å²) in [5.41, 5.74) is 7.34. The van der Waals surface area contributed by atoms with Crippen molar-refractivity contribution >= 4 is 54.4 Å². The second-order valence-corrected chi connectivity index (χ2v) is 9.39. The van der Waals surface area contributed by atoms with E-state index in [9.17, 15) is 0 Å². The van der Waals surface area contributed by atoms with E-state index < -0.39 is 0 Å². The van der Waals surface area contributed by atoms with Gasteiger partial charge in [-0.25, -0.2) is 0 Å². The maximum absolute atomic E-state index is 2.42. The summed E-state index contributed by atoms with van der Waals surface area (Å²) in [4.78, 5) is 0. The lowest BCUT2D eigenvalue weighted by molar-refractivity contribution is 1.18. The molecule has 6 aromatic carbocycles. The molecule has 0 saturated carbocycles. The molecular formula is C34H22N2. The third-order valence-corrected chi connectivity index (χ3v) is 7.49. The largest absolute Gasteiger partial charge is 0.309 e. The van der Waals surface area contributed by atoms with E-state index in [2.05, 4.69) is 143 Å². The van der Waals surface area contributed by atoms with Gasteiger partial charge in [-0.05, 0) is 36.4 Å². The summed E-state index contributed by atoms with van der Waals surface area (Å²) in [5, 5.41) is 7.65. The van der Waals surface area contributed by atoms with Gasteiger partial charge in [0.2, 0.25) is 0 Å². The molecule has 2 heterocycles. The summed E-state index contributed by atoms with van der Waals surface area (Å²) in [7, 11) is 0. The minimum absolute atomic E-state index is 1.18. The molecule has 0 unspecified atom stereocenters. The number of aromatic nitrogens is 2. The first-order valence-corrected chi connectivity index (χ1v) is 12.4. The van der Waals surface area contributed by atoms with Crippen LogP contribution in [0.5, 0.6) is 0 Å². The van der Waals surface area contributed by atoms with Crippen LogP contribution in [0.4, 0.5) is 0 Å². The number of rotatable bonds is 2. The third kappa shape index (κ3) is 2.56. The summed E-state index contributed by atoms with van der Waals surface area (Å²) in [6.45, 7) is 0. The number of hydrogen-bond acceptors (Lipinski definition) is 0. The second-order valence-electron chi connectivity index (χ2n) is 9.39. The van der Waals surface area contributed by atoms with Crippen LogP contribution in [0.25, 0.3) is 65.8 Å². The molecule has 0 saturated heterocycles. The molecule has 0 atom stereocenters. The Hall–Kier alpha value is -4.82. The Balaban J connectivity index is 1.62. The molecule has 2 aromatic heterocycles. The Labute approximate surface area is 208 Å². The van der Waals surface area contributed by atoms with E-state index in [1.165, 1.54) is 65.8 Å². The standard InChI is InChI=1S/C34H22N2/c1-3-11-23(12-4-1)35-31-17-9-7-15-25(31)27-19-22-30-29(33(27)35)21-20-28-26-16-8-10-18-32(26)36(34(28)30)24-13-5-2-6-14-24/h1-22H. The Morgan fingerprint density at radius 2 is 0.611 bits per heavy atom. The predicted molar refractivity (Wildman–Crippen MR) is 153 cm³/mol. The molecule has 8 rings (SSSR count). The summed E-state index contributed by atoms with van der Waals surface area (Å²) >= 11 is 0. The van der Waals surface area contributed by atoms with Gasteiger partial charge in [0.1, 0.15) is 0 Å². The first-order chi connectivity index (χ1) is 17.9. The number of benzene rings is 6. The quantitative estimate of drug-likeness (QED) is 0.244. The van der Waals surface area contributed by atoms with Crippen molar-refractivity contribution in [2.75, 3.05) is 0 Å². The molecule has 0 bridgehead atoms. The van der Waals surface area contributed by atoms with Gasteiger partial charge in [-0.15, -0.1) is 0 Å². The third-order valence-electron chi connectivity index (χ3n) is 7.49. The van der Waals surface area contributed by atoms with Gasteiger partial charge in [0.15, 0.2) is 0 Å². The topological polar surface area (TPSA) is 9.86 Å². The van der Waals surface area contributed by atoms with E-state index in [0.29, 0.717) is 0 Å². The van der Waals surface area contributed by atoms with E-state index >= 15 is 0 Å². The highest BCUT2D eigenvalue weighted by atomic mass is 15.0. The van der Waals surface area contributed by atoms with Crippen LogP contribution in [0.15, 0.2) is 133 Å². The lowest BCUT2D eigenvalue weighted by atomic mass is 10.0. The highest BCUT2D eigenvalue weighted by molar-refractivity contribution is 6.26. The zero-order valence-electron chi connectivity index (χ0n) is 19.6. The Morgan fingerprint density at radius 1 is 0.278 bits per heavy atom. The zero-order chi connectivity index (χ0) is 23.6. The average molecular weight is 459 g/mol. The number of fused-ring (bicyclic) bond motifs is 9. The summed E-state index contributed by atoms with van der Waals surface area (Å²) in [6, 6.07) is 48.2. The van der Waals surface area contributed by atoms with Crippen LogP contribution in [0.1, 0.15) is 0 Å². The molecule has 0 amide bonds. The van der Waals surface area contributed by atoms with E-state index in [-0.39, 0.29) is 0 Å². The van der Waals surface area contributed by atoms with Gasteiger partial charge in [0.05, 0.1) is 22.1 Å². The molecule has 0 spiro atoms. The normalized spacial score (nSPS) is 11.9. The van der Waals surface area contributed by atoms with Crippen molar-refractivity contribution in [3.63, 3.8) is 0 Å². The fourth-order valence-corrected chi connectivity index (χ4v) is 6.01. The average Bonchev–Trinajstić information content (AvgIpc) is 3.47. The van der Waals surface area contributed by atoms with Crippen molar-refractivity contribution in [1.82, 2.24) is 9.13 Å². The van der Waals surface area contributed by atoms with Crippen LogP contribution in [0.3, 0.4) is 0 Å². The van der Waals surface area contributed by atoms with Gasteiger partial charge in [-0.2, -0.15) is 0 Å². The number of para-hydroxylation sites is 4. The van der Waals surface area contributed by atoms with Crippen molar-refractivity contribution in [1.29, 1.82) is 0 Å². The maximum atomic E-state index is 2.42. The summed E-state index contributed by atoms with van der Waals surface area (Å²) in [6.07, 6.45) is 0. The molecule has 36 heavy (non-hydrogen) atoms. The number of nitrogens with zero attached hydrogens (tertiary/aromatic N) is 2. The van der Waals surface area contributed by atoms with Gasteiger partial charge in [-0.3, -0.25) is 0 Å². The molecule has 168 valence electrons. The van der Waals surface area contributed by atoms with Crippen LogP contribution >= 0.6 is 0 Å². The van der Waals surface area contributed by atoms with Crippen LogP contribution in [0, 0.1) is 0 Å². The number of hydrogen-bond donors (Lipinski definition) is 0. The molecule has 2 nitrogen and oxygen atoms in total. The van der Waals surface area contributed by atoms with Crippen molar-refractivity contribution in [3.05, 3.63) is 133 Å². The lowest BCUT2D eigenvalue weighted by Crippen LogP contribution is -1.96. The zero-order valence-corrected chi connectivity index (χ0v) is 19.6. The van der Waals surface area contributed by atoms with Crippen molar-refractivity contribution in [2.24, 2.45) is 0 Å². The molecule has 8 aromatic rings. The van der Waals surface area contributed by atoms with Crippen molar-refractivity contribution in [2.45, 2.75) is 0 Å². The fraction of sp³-hybridized carbons (Fsp3) is 0. The summed E-state index contributed by atoms with van der Waals surface area (Å²) < 4.78 is 4.85. The smallest absolute Gasteiger partial charge is 0.0620 e. The SMILES string of the molecule is c1ccc(-n2c3ccccc3c3ccc4c(ccc5c6ccccc6n(-c6ccccc6)c54)c32)cc1. The van der Waals surface area contributed by atoms with Crippen LogP contribution in [-0.2, 0) is 0 Å². The van der Waals surface area contributed by atoms with Gasteiger partial charge in [0, 0.05) is 43.7 Å². The minimum atomic E-state index is 1.18.